The first kappa shape index (κ1) is 28.6. The number of benzene rings is 3. The Hall–Kier alpha value is -3.88. The molecule has 2 atom stereocenters. The van der Waals surface area contributed by atoms with Crippen LogP contribution in [0.15, 0.2) is 90.1 Å². The smallest absolute Gasteiger partial charge is 0.241 e. The number of hydrogen-bond acceptors (Lipinski definition) is 5. The molecule has 1 amide bonds. The van der Waals surface area contributed by atoms with Crippen LogP contribution in [-0.4, -0.2) is 24.3 Å². The number of amides is 1. The van der Waals surface area contributed by atoms with Gasteiger partial charge in [0, 0.05) is 36.1 Å². The van der Waals surface area contributed by atoms with Gasteiger partial charge in [0.05, 0.1) is 11.4 Å². The van der Waals surface area contributed by atoms with Gasteiger partial charge in [0.15, 0.2) is 0 Å². The predicted molar refractivity (Wildman–Crippen MR) is 161 cm³/mol. The minimum atomic E-state index is -3.72. The van der Waals surface area contributed by atoms with Crippen LogP contribution >= 0.6 is 0 Å². The molecule has 8 heteroatoms. The predicted octanol–water partition coefficient (Wildman–Crippen LogP) is 6.18. The fourth-order valence-corrected chi connectivity index (χ4v) is 6.75. The third-order valence-electron chi connectivity index (χ3n) is 7.68. The highest BCUT2D eigenvalue weighted by atomic mass is 32.2. The van der Waals surface area contributed by atoms with Crippen LogP contribution in [0.5, 0.6) is 0 Å². The Morgan fingerprint density at radius 1 is 1.00 bits per heavy atom. The average Bonchev–Trinajstić information content (AvgIpc) is 2.97. The summed E-state index contributed by atoms with van der Waals surface area (Å²) in [6.45, 7) is 6.09. The molecule has 0 saturated heterocycles. The Bertz CT molecular complexity index is 1620. The zero-order valence-corrected chi connectivity index (χ0v) is 24.6. The van der Waals surface area contributed by atoms with Crippen molar-refractivity contribution in [3.05, 3.63) is 119 Å². The van der Waals surface area contributed by atoms with E-state index in [-0.39, 0.29) is 22.8 Å². The van der Waals surface area contributed by atoms with Crippen LogP contribution in [0.4, 0.5) is 5.69 Å². The van der Waals surface area contributed by atoms with Gasteiger partial charge in [0.25, 0.3) is 0 Å². The minimum Gasteiger partial charge on any atom is -0.308 e. The Morgan fingerprint density at radius 2 is 1.76 bits per heavy atom. The second-order valence-electron chi connectivity index (χ2n) is 10.9. The first-order valence-electron chi connectivity index (χ1n) is 14.0. The molecule has 5 rings (SSSR count). The number of carbonyl (C=O) groups is 1. The van der Waals surface area contributed by atoms with Gasteiger partial charge in [-0.1, -0.05) is 55.5 Å². The number of nitrogens with one attached hydrogen (secondary N) is 1. The highest BCUT2D eigenvalue weighted by Gasteiger charge is 2.28. The monoisotopic (exact) mass is 568 g/mol. The molecule has 3 aromatic carbocycles. The van der Waals surface area contributed by atoms with Gasteiger partial charge in [-0.2, -0.15) is 0 Å². The molecular weight excluding hydrogens is 532 g/mol. The summed E-state index contributed by atoms with van der Waals surface area (Å²) < 4.78 is 29.6. The fourth-order valence-electron chi connectivity index (χ4n) is 5.39. The molecule has 0 fully saturated rings. The molecule has 0 saturated carbocycles. The summed E-state index contributed by atoms with van der Waals surface area (Å²) in [6.07, 6.45) is 6.26. The fraction of sp³-hybridized carbons (Fsp3) is 0.303. The Labute approximate surface area is 242 Å². The van der Waals surface area contributed by atoms with E-state index >= 15 is 0 Å². The average molecular weight is 569 g/mol. The van der Waals surface area contributed by atoms with E-state index in [1.165, 1.54) is 0 Å². The molecule has 0 spiro atoms. The van der Waals surface area contributed by atoms with Crippen molar-refractivity contribution in [2.24, 2.45) is 0 Å². The summed E-state index contributed by atoms with van der Waals surface area (Å²) in [6, 6.07) is 22.6. The van der Waals surface area contributed by atoms with Gasteiger partial charge in [-0.3, -0.25) is 4.79 Å². The quantitative estimate of drug-likeness (QED) is 0.260. The molecule has 41 heavy (non-hydrogen) atoms. The molecule has 0 radical (unpaired) electrons. The summed E-state index contributed by atoms with van der Waals surface area (Å²) in [5.41, 5.74) is 5.57. The lowest BCUT2D eigenvalue weighted by atomic mass is 9.87. The van der Waals surface area contributed by atoms with Gasteiger partial charge in [0.2, 0.25) is 15.9 Å². The van der Waals surface area contributed by atoms with E-state index in [1.54, 1.807) is 35.5 Å². The van der Waals surface area contributed by atoms with Crippen LogP contribution in [0.1, 0.15) is 71.8 Å². The largest absolute Gasteiger partial charge is 0.308 e. The van der Waals surface area contributed by atoms with Crippen molar-refractivity contribution < 1.29 is 13.2 Å². The molecule has 4 aromatic rings. The zero-order chi connectivity index (χ0) is 29.0. The maximum atomic E-state index is 13.9. The highest BCUT2D eigenvalue weighted by molar-refractivity contribution is 7.89. The van der Waals surface area contributed by atoms with Crippen LogP contribution in [0.25, 0.3) is 0 Å². The summed E-state index contributed by atoms with van der Waals surface area (Å²) in [5.74, 6) is 0.684. The van der Waals surface area contributed by atoms with E-state index < -0.39 is 10.0 Å². The van der Waals surface area contributed by atoms with Crippen molar-refractivity contribution in [3.8, 4) is 0 Å². The van der Waals surface area contributed by atoms with Crippen LogP contribution in [-0.2, 0) is 27.8 Å². The Balaban J connectivity index is 1.46. The second-order valence-corrected chi connectivity index (χ2v) is 12.6. The number of aryl methyl sites for hydroxylation is 3. The molecular formula is C33H36N4O3S. The lowest BCUT2D eigenvalue weighted by molar-refractivity contribution is -0.119. The number of aromatic nitrogens is 2. The van der Waals surface area contributed by atoms with Crippen LogP contribution in [0.2, 0.25) is 0 Å². The van der Waals surface area contributed by atoms with Crippen LogP contribution < -0.4 is 9.62 Å². The number of anilines is 1. The topological polar surface area (TPSA) is 92.3 Å². The minimum absolute atomic E-state index is 0.0189. The molecule has 0 unspecified atom stereocenters. The highest BCUT2D eigenvalue weighted by Crippen LogP contribution is 2.35. The molecule has 1 aromatic heterocycles. The molecule has 1 heterocycles. The first-order valence-corrected chi connectivity index (χ1v) is 15.5. The molecule has 1 aliphatic carbocycles. The lowest BCUT2D eigenvalue weighted by Crippen LogP contribution is -2.33. The molecule has 0 aliphatic heterocycles. The molecule has 1 aliphatic rings. The van der Waals surface area contributed by atoms with Gasteiger partial charge < -0.3 is 4.90 Å². The van der Waals surface area contributed by atoms with E-state index in [0.29, 0.717) is 25.2 Å². The Kier molecular flexibility index (Phi) is 8.61. The lowest BCUT2D eigenvalue weighted by Gasteiger charge is -2.30. The standard InChI is InChI=1S/C33H36N4O3S/c1-23-9-7-13-30(17-23)41(39,40)36-32-14-8-12-28-15-16-29(19-31(28)32)37(22-26-20-34-25(3)35-21-26)33(38)18-24(2)27-10-5-4-6-11-27/h4-7,9-11,13,15-17,19-21,24,32,36H,8,12,14,18,22H2,1-3H3/t24-,32-/m0/s1. The van der Waals surface area contributed by atoms with E-state index in [2.05, 4.69) is 21.6 Å². The summed E-state index contributed by atoms with van der Waals surface area (Å²) in [4.78, 5) is 24.5. The number of rotatable bonds is 9. The SMILES string of the molecule is Cc1cccc(S(=O)(=O)N[C@H]2CCCc3ccc(N(Cc4cnc(C)nc4)C(=O)C[C@H](C)c4ccccc4)cc32)c1. The van der Waals surface area contributed by atoms with Crippen molar-refractivity contribution >= 4 is 21.6 Å². The van der Waals surface area contributed by atoms with E-state index in [9.17, 15) is 13.2 Å². The summed E-state index contributed by atoms with van der Waals surface area (Å²) in [5, 5.41) is 0. The van der Waals surface area contributed by atoms with Crippen molar-refractivity contribution in [1.82, 2.24) is 14.7 Å². The van der Waals surface area contributed by atoms with Crippen LogP contribution in [0.3, 0.4) is 0 Å². The van der Waals surface area contributed by atoms with Gasteiger partial charge in [-0.05, 0) is 85.5 Å². The van der Waals surface area contributed by atoms with Crippen molar-refractivity contribution in [1.29, 1.82) is 0 Å². The van der Waals surface area contributed by atoms with E-state index in [0.717, 1.165) is 46.3 Å². The number of hydrogen-bond donors (Lipinski definition) is 1. The molecule has 7 nitrogen and oxygen atoms in total. The summed E-state index contributed by atoms with van der Waals surface area (Å²) >= 11 is 0. The first-order chi connectivity index (χ1) is 19.7. The van der Waals surface area contributed by atoms with Crippen molar-refractivity contribution in [2.45, 2.75) is 69.9 Å². The second kappa shape index (κ2) is 12.3. The number of carbonyl (C=O) groups excluding carboxylic acids is 1. The Morgan fingerprint density at radius 3 is 2.49 bits per heavy atom. The van der Waals surface area contributed by atoms with Crippen LogP contribution in [0, 0.1) is 13.8 Å². The molecule has 212 valence electrons. The van der Waals surface area contributed by atoms with Crippen molar-refractivity contribution in [3.63, 3.8) is 0 Å². The molecule has 0 bridgehead atoms. The molecule has 1 N–H and O–H groups in total. The van der Waals surface area contributed by atoms with Crippen molar-refractivity contribution in [2.75, 3.05) is 4.90 Å². The van der Waals surface area contributed by atoms with Gasteiger partial charge in [0.1, 0.15) is 5.82 Å². The van der Waals surface area contributed by atoms with E-state index in [1.807, 2.05) is 68.4 Å². The third-order valence-corrected chi connectivity index (χ3v) is 9.15. The normalized spacial score (nSPS) is 15.6. The maximum Gasteiger partial charge on any atom is 0.241 e. The third kappa shape index (κ3) is 6.89. The van der Waals surface area contributed by atoms with Gasteiger partial charge in [-0.15, -0.1) is 0 Å². The maximum absolute atomic E-state index is 13.9. The zero-order valence-electron chi connectivity index (χ0n) is 23.7. The summed E-state index contributed by atoms with van der Waals surface area (Å²) in [7, 11) is -3.72. The van der Waals surface area contributed by atoms with Gasteiger partial charge in [-0.25, -0.2) is 23.1 Å². The number of fused-ring (bicyclic) bond motifs is 1. The van der Waals surface area contributed by atoms with E-state index in [4.69, 9.17) is 0 Å². The number of nitrogens with zero attached hydrogens (tertiary/aromatic N) is 3. The number of sulfonamides is 1. The van der Waals surface area contributed by atoms with Gasteiger partial charge >= 0.3 is 0 Å².